The highest BCUT2D eigenvalue weighted by atomic mass is 79.9. The molecule has 0 bridgehead atoms. The molecule has 0 spiro atoms. The zero-order valence-corrected chi connectivity index (χ0v) is 13.1. The number of hydrogen-bond donors (Lipinski definition) is 0. The molecular formula is C15H17BrOS. The number of benzene rings is 1. The zero-order valence-electron chi connectivity index (χ0n) is 10.7. The third-order valence-electron chi connectivity index (χ3n) is 2.63. The molecule has 0 aliphatic carbocycles. The molecule has 0 N–H and O–H groups in total. The van der Waals surface area contributed by atoms with Crippen LogP contribution in [0.15, 0.2) is 36.4 Å². The SMILES string of the molecule is CCCOc1cccc(C(Br)c2ccc(C)s2)c1. The van der Waals surface area contributed by atoms with Crippen molar-refractivity contribution in [2.75, 3.05) is 6.61 Å². The molecule has 1 atom stereocenters. The molecule has 96 valence electrons. The fraction of sp³-hybridized carbons (Fsp3) is 0.333. The summed E-state index contributed by atoms with van der Waals surface area (Å²) in [6.07, 6.45) is 1.03. The number of hydrogen-bond acceptors (Lipinski definition) is 2. The summed E-state index contributed by atoms with van der Waals surface area (Å²) in [7, 11) is 0. The minimum atomic E-state index is 0.251. The maximum Gasteiger partial charge on any atom is 0.119 e. The molecule has 2 aromatic rings. The molecule has 0 radical (unpaired) electrons. The summed E-state index contributed by atoms with van der Waals surface area (Å²) < 4.78 is 5.67. The van der Waals surface area contributed by atoms with Crippen molar-refractivity contribution in [3.8, 4) is 5.75 Å². The van der Waals surface area contributed by atoms with Crippen LogP contribution < -0.4 is 4.74 Å². The predicted molar refractivity (Wildman–Crippen MR) is 82.1 cm³/mol. The standard InChI is InChI=1S/C15H17BrOS/c1-3-9-17-13-6-4-5-12(10-13)15(16)14-8-7-11(2)18-14/h4-8,10,15H,3,9H2,1-2H3. The van der Waals surface area contributed by atoms with Gasteiger partial charge in [0.05, 0.1) is 11.4 Å². The molecule has 3 heteroatoms. The van der Waals surface area contributed by atoms with Gasteiger partial charge in [-0.2, -0.15) is 0 Å². The van der Waals surface area contributed by atoms with Crippen molar-refractivity contribution in [1.29, 1.82) is 0 Å². The number of rotatable bonds is 5. The summed E-state index contributed by atoms with van der Waals surface area (Å²) >= 11 is 5.59. The third kappa shape index (κ3) is 3.36. The summed E-state index contributed by atoms with van der Waals surface area (Å²) in [5.41, 5.74) is 1.24. The van der Waals surface area contributed by atoms with Gasteiger partial charge >= 0.3 is 0 Å². The Kier molecular flexibility index (Phi) is 4.84. The van der Waals surface area contributed by atoms with Gasteiger partial charge < -0.3 is 4.74 Å². The van der Waals surface area contributed by atoms with Gasteiger partial charge in [-0.25, -0.2) is 0 Å². The molecule has 0 amide bonds. The van der Waals surface area contributed by atoms with Crippen LogP contribution >= 0.6 is 27.3 Å². The smallest absolute Gasteiger partial charge is 0.119 e. The minimum absolute atomic E-state index is 0.251. The van der Waals surface area contributed by atoms with Gasteiger partial charge in [-0.1, -0.05) is 35.0 Å². The van der Waals surface area contributed by atoms with E-state index in [2.05, 4.69) is 60.1 Å². The van der Waals surface area contributed by atoms with E-state index in [-0.39, 0.29) is 4.83 Å². The van der Waals surface area contributed by atoms with Crippen molar-refractivity contribution < 1.29 is 4.74 Å². The highest BCUT2D eigenvalue weighted by Crippen LogP contribution is 2.36. The number of ether oxygens (including phenoxy) is 1. The van der Waals surface area contributed by atoms with Gasteiger partial charge in [0.25, 0.3) is 0 Å². The van der Waals surface area contributed by atoms with E-state index in [1.54, 1.807) is 0 Å². The Morgan fingerprint density at radius 1 is 1.28 bits per heavy atom. The van der Waals surface area contributed by atoms with Gasteiger partial charge in [0.2, 0.25) is 0 Å². The van der Waals surface area contributed by atoms with Crippen molar-refractivity contribution >= 4 is 27.3 Å². The average molecular weight is 325 g/mol. The Morgan fingerprint density at radius 2 is 2.11 bits per heavy atom. The minimum Gasteiger partial charge on any atom is -0.494 e. The van der Waals surface area contributed by atoms with Gasteiger partial charge in [-0.15, -0.1) is 11.3 Å². The largest absolute Gasteiger partial charge is 0.494 e. The molecule has 2 rings (SSSR count). The van der Waals surface area contributed by atoms with Crippen LogP contribution in [0.25, 0.3) is 0 Å². The van der Waals surface area contributed by atoms with Gasteiger partial charge in [0.15, 0.2) is 0 Å². The van der Waals surface area contributed by atoms with Crippen LogP contribution in [0.3, 0.4) is 0 Å². The van der Waals surface area contributed by atoms with Crippen molar-refractivity contribution in [2.45, 2.75) is 25.1 Å². The lowest BCUT2D eigenvalue weighted by molar-refractivity contribution is 0.317. The van der Waals surface area contributed by atoms with Crippen molar-refractivity contribution in [2.24, 2.45) is 0 Å². The van der Waals surface area contributed by atoms with Gasteiger partial charge in [0, 0.05) is 9.75 Å². The average Bonchev–Trinajstić information content (AvgIpc) is 2.82. The highest BCUT2D eigenvalue weighted by molar-refractivity contribution is 9.09. The first kappa shape index (κ1) is 13.6. The first-order chi connectivity index (χ1) is 8.70. The maximum absolute atomic E-state index is 5.67. The van der Waals surface area contributed by atoms with Gasteiger partial charge in [-0.05, 0) is 43.2 Å². The molecule has 1 heterocycles. The first-order valence-electron chi connectivity index (χ1n) is 6.14. The topological polar surface area (TPSA) is 9.23 Å². The Balaban J connectivity index is 2.17. The fourth-order valence-corrected chi connectivity index (χ4v) is 3.34. The predicted octanol–water partition coefficient (Wildman–Crippen LogP) is 5.33. The van der Waals surface area contributed by atoms with Gasteiger partial charge in [0.1, 0.15) is 5.75 Å². The number of halogens is 1. The molecule has 0 saturated heterocycles. The molecule has 1 aromatic carbocycles. The van der Waals surface area contributed by atoms with Crippen LogP contribution in [0.1, 0.15) is 33.5 Å². The van der Waals surface area contributed by atoms with Crippen LogP contribution in [0.5, 0.6) is 5.75 Å². The fourth-order valence-electron chi connectivity index (χ4n) is 1.74. The van der Waals surface area contributed by atoms with Crippen molar-refractivity contribution in [3.05, 3.63) is 51.7 Å². The second-order valence-corrected chi connectivity index (χ2v) is 6.47. The van der Waals surface area contributed by atoms with Crippen molar-refractivity contribution in [1.82, 2.24) is 0 Å². The summed E-state index contributed by atoms with van der Waals surface area (Å²) in [4.78, 5) is 2.93. The molecule has 1 nitrogen and oxygen atoms in total. The monoisotopic (exact) mass is 324 g/mol. The normalized spacial score (nSPS) is 12.4. The molecule has 0 aliphatic rings. The molecule has 0 saturated carbocycles. The van der Waals surface area contributed by atoms with E-state index in [4.69, 9.17) is 4.74 Å². The maximum atomic E-state index is 5.67. The quantitative estimate of drug-likeness (QED) is 0.675. The van der Waals surface area contributed by atoms with Crippen molar-refractivity contribution in [3.63, 3.8) is 0 Å². The van der Waals surface area contributed by atoms with Gasteiger partial charge in [-0.3, -0.25) is 0 Å². The highest BCUT2D eigenvalue weighted by Gasteiger charge is 2.12. The lowest BCUT2D eigenvalue weighted by Crippen LogP contribution is -1.96. The Bertz CT molecular complexity index is 507. The molecule has 18 heavy (non-hydrogen) atoms. The second-order valence-electron chi connectivity index (χ2n) is 4.23. The van der Waals surface area contributed by atoms with Crippen LogP contribution in [0.2, 0.25) is 0 Å². The summed E-state index contributed by atoms with van der Waals surface area (Å²) in [6, 6.07) is 12.6. The molecule has 0 aliphatic heterocycles. The van der Waals surface area contributed by atoms with E-state index in [0.717, 1.165) is 18.8 Å². The third-order valence-corrected chi connectivity index (χ3v) is 5.03. The van der Waals surface area contributed by atoms with Crippen LogP contribution in [-0.4, -0.2) is 6.61 Å². The van der Waals surface area contributed by atoms with E-state index < -0.39 is 0 Å². The Morgan fingerprint density at radius 3 is 2.78 bits per heavy atom. The summed E-state index contributed by atoms with van der Waals surface area (Å²) in [6.45, 7) is 5.02. The van der Waals surface area contributed by atoms with E-state index >= 15 is 0 Å². The van der Waals surface area contributed by atoms with Crippen LogP contribution in [0, 0.1) is 6.92 Å². The van der Waals surface area contributed by atoms with E-state index in [0.29, 0.717) is 0 Å². The number of thiophene rings is 1. The van der Waals surface area contributed by atoms with E-state index in [1.165, 1.54) is 15.3 Å². The number of alkyl halides is 1. The molecule has 1 unspecified atom stereocenters. The lowest BCUT2D eigenvalue weighted by Gasteiger charge is -2.11. The van der Waals surface area contributed by atoms with Crippen LogP contribution in [-0.2, 0) is 0 Å². The van der Waals surface area contributed by atoms with E-state index in [9.17, 15) is 0 Å². The molecular weight excluding hydrogens is 308 g/mol. The van der Waals surface area contributed by atoms with E-state index in [1.807, 2.05) is 17.4 Å². The Hall–Kier alpha value is -0.800. The summed E-state index contributed by atoms with van der Waals surface area (Å²) in [5, 5.41) is 0. The zero-order chi connectivity index (χ0) is 13.0. The number of aryl methyl sites for hydroxylation is 1. The molecule has 1 aromatic heterocycles. The second kappa shape index (κ2) is 6.39. The summed E-state index contributed by atoms with van der Waals surface area (Å²) in [5.74, 6) is 0.951. The van der Waals surface area contributed by atoms with Crippen LogP contribution in [0.4, 0.5) is 0 Å². The molecule has 0 fully saturated rings. The first-order valence-corrected chi connectivity index (χ1v) is 7.87. The Labute approximate surface area is 121 Å². The lowest BCUT2D eigenvalue weighted by atomic mass is 10.1.